The molecule has 1 rings (SSSR count). The lowest BCUT2D eigenvalue weighted by molar-refractivity contribution is 0.00210. The van der Waals surface area contributed by atoms with E-state index < -0.39 is 0 Å². The minimum atomic E-state index is -0.334. The first-order valence-corrected chi connectivity index (χ1v) is 3.23. The number of hydrogen-bond donors (Lipinski definition) is 2. The van der Waals surface area contributed by atoms with E-state index in [4.69, 9.17) is 10.2 Å². The zero-order chi connectivity index (χ0) is 6.85. The number of likely N-dealkylation sites (N-methyl/N-ethyl adjacent to an activating group) is 1. The molecule has 0 aliphatic carbocycles. The van der Waals surface area contributed by atoms with Crippen molar-refractivity contribution in [1.82, 2.24) is 4.90 Å². The summed E-state index contributed by atoms with van der Waals surface area (Å²) in [7, 11) is 1.89. The average Bonchev–Trinajstić information content (AvgIpc) is 1.59. The van der Waals surface area contributed by atoms with Gasteiger partial charge in [0.15, 0.2) is 0 Å². The molecule has 2 N–H and O–H groups in total. The van der Waals surface area contributed by atoms with E-state index in [1.54, 1.807) is 0 Å². The quantitative estimate of drug-likeness (QED) is 0.445. The largest absolute Gasteiger partial charge is 0.392 e. The topological polar surface area (TPSA) is 43.7 Å². The molecule has 1 heterocycles. The highest BCUT2D eigenvalue weighted by atomic mass is 16.3. The van der Waals surface area contributed by atoms with Gasteiger partial charge >= 0.3 is 0 Å². The third-order valence-electron chi connectivity index (χ3n) is 1.59. The van der Waals surface area contributed by atoms with Crippen molar-refractivity contribution in [2.75, 3.05) is 20.1 Å². The fourth-order valence-electron chi connectivity index (χ4n) is 1.26. The normalized spacial score (nSPS) is 39.0. The molecule has 3 heteroatoms. The van der Waals surface area contributed by atoms with Crippen molar-refractivity contribution >= 4 is 0 Å². The second-order valence-electron chi connectivity index (χ2n) is 2.76. The van der Waals surface area contributed by atoms with Crippen LogP contribution < -0.4 is 0 Å². The van der Waals surface area contributed by atoms with Crippen LogP contribution in [0.15, 0.2) is 0 Å². The Labute approximate surface area is 54.9 Å². The Morgan fingerprint density at radius 3 is 2.00 bits per heavy atom. The lowest BCUT2D eigenvalue weighted by atomic mass is 10.1. The predicted molar refractivity (Wildman–Crippen MR) is 34.1 cm³/mol. The molecule has 0 saturated carbocycles. The van der Waals surface area contributed by atoms with E-state index in [-0.39, 0.29) is 12.2 Å². The maximum absolute atomic E-state index is 9.05. The molecule has 2 atom stereocenters. The Morgan fingerprint density at radius 2 is 1.67 bits per heavy atom. The van der Waals surface area contributed by atoms with Crippen LogP contribution in [0.3, 0.4) is 0 Å². The Hall–Kier alpha value is -0.120. The van der Waals surface area contributed by atoms with Gasteiger partial charge in [-0.2, -0.15) is 0 Å². The first-order chi connectivity index (χ1) is 4.18. The van der Waals surface area contributed by atoms with E-state index in [9.17, 15) is 0 Å². The predicted octanol–water partition coefficient (Wildman–Crippen LogP) is -0.956. The van der Waals surface area contributed by atoms with Crippen LogP contribution in [0.25, 0.3) is 0 Å². The van der Waals surface area contributed by atoms with E-state index in [1.165, 1.54) is 0 Å². The van der Waals surface area contributed by atoms with E-state index >= 15 is 0 Å². The van der Waals surface area contributed by atoms with E-state index in [2.05, 4.69) is 0 Å². The summed E-state index contributed by atoms with van der Waals surface area (Å²) in [6.45, 7) is 1.38. The number of likely N-dealkylation sites (tertiary alicyclic amines) is 1. The highest BCUT2D eigenvalue weighted by Gasteiger charge is 2.20. The fraction of sp³-hybridized carbons (Fsp3) is 1.00. The second kappa shape index (κ2) is 2.64. The summed E-state index contributed by atoms with van der Waals surface area (Å²) >= 11 is 0. The van der Waals surface area contributed by atoms with Crippen LogP contribution in [-0.4, -0.2) is 47.5 Å². The molecular formula is C6H13NO2. The minimum Gasteiger partial charge on any atom is -0.392 e. The molecule has 0 aromatic carbocycles. The zero-order valence-electron chi connectivity index (χ0n) is 5.62. The molecule has 0 amide bonds. The van der Waals surface area contributed by atoms with Crippen molar-refractivity contribution in [1.29, 1.82) is 0 Å². The first kappa shape index (κ1) is 6.99. The van der Waals surface area contributed by atoms with E-state index in [1.807, 2.05) is 11.9 Å². The summed E-state index contributed by atoms with van der Waals surface area (Å²) in [5.74, 6) is 0. The Kier molecular flexibility index (Phi) is 2.05. The molecule has 0 radical (unpaired) electrons. The number of aliphatic hydroxyl groups is 2. The Balaban J connectivity index is 2.34. The van der Waals surface area contributed by atoms with Crippen LogP contribution in [-0.2, 0) is 0 Å². The minimum absolute atomic E-state index is 0.334. The van der Waals surface area contributed by atoms with Gasteiger partial charge in [0.25, 0.3) is 0 Å². The van der Waals surface area contributed by atoms with Crippen LogP contribution >= 0.6 is 0 Å². The summed E-state index contributed by atoms with van der Waals surface area (Å²) in [6.07, 6.45) is -0.137. The lowest BCUT2D eigenvalue weighted by Gasteiger charge is -2.29. The molecule has 0 aromatic rings. The molecule has 0 bridgehead atoms. The number of hydrogen-bond acceptors (Lipinski definition) is 3. The van der Waals surface area contributed by atoms with Gasteiger partial charge in [-0.15, -0.1) is 0 Å². The molecule has 3 nitrogen and oxygen atoms in total. The maximum Gasteiger partial charge on any atom is 0.0692 e. The smallest absolute Gasteiger partial charge is 0.0692 e. The van der Waals surface area contributed by atoms with Gasteiger partial charge in [0.1, 0.15) is 0 Å². The van der Waals surface area contributed by atoms with Gasteiger partial charge in [0.05, 0.1) is 12.2 Å². The monoisotopic (exact) mass is 131 g/mol. The summed E-state index contributed by atoms with van der Waals surface area (Å²) in [6, 6.07) is 0. The van der Waals surface area contributed by atoms with Gasteiger partial charge < -0.3 is 15.1 Å². The fourth-order valence-corrected chi connectivity index (χ4v) is 1.26. The van der Waals surface area contributed by atoms with Gasteiger partial charge in [-0.05, 0) is 7.05 Å². The van der Waals surface area contributed by atoms with Crippen LogP contribution in [0.1, 0.15) is 6.42 Å². The lowest BCUT2D eigenvalue weighted by Crippen LogP contribution is -2.43. The van der Waals surface area contributed by atoms with Crippen LogP contribution in [0.5, 0.6) is 0 Å². The molecule has 0 spiro atoms. The third-order valence-corrected chi connectivity index (χ3v) is 1.59. The first-order valence-electron chi connectivity index (χ1n) is 3.23. The van der Waals surface area contributed by atoms with Crippen LogP contribution in [0.2, 0.25) is 0 Å². The van der Waals surface area contributed by atoms with Crippen molar-refractivity contribution in [3.8, 4) is 0 Å². The number of rotatable bonds is 0. The number of piperidine rings is 1. The van der Waals surface area contributed by atoms with Crippen molar-refractivity contribution in [3.05, 3.63) is 0 Å². The van der Waals surface area contributed by atoms with Gasteiger partial charge in [-0.25, -0.2) is 0 Å². The molecular weight excluding hydrogens is 118 g/mol. The standard InChI is InChI=1S/C6H13NO2/c1-7-3-5(8)2-6(9)4-7/h5-6,8-9H,2-4H2,1H3/t5-,6?/m1/s1. The highest BCUT2D eigenvalue weighted by Crippen LogP contribution is 2.07. The number of nitrogens with zero attached hydrogens (tertiary/aromatic N) is 1. The van der Waals surface area contributed by atoms with E-state index in [0.717, 1.165) is 0 Å². The molecule has 1 aliphatic heterocycles. The third kappa shape index (κ3) is 1.93. The SMILES string of the molecule is CN1CC(O)C[C@@H](O)C1. The van der Waals surface area contributed by atoms with Crippen molar-refractivity contribution in [3.63, 3.8) is 0 Å². The van der Waals surface area contributed by atoms with Gasteiger partial charge in [-0.1, -0.05) is 0 Å². The zero-order valence-corrected chi connectivity index (χ0v) is 5.62. The summed E-state index contributed by atoms with van der Waals surface area (Å²) < 4.78 is 0. The van der Waals surface area contributed by atoms with Gasteiger partial charge in [0.2, 0.25) is 0 Å². The Morgan fingerprint density at radius 1 is 1.22 bits per heavy atom. The average molecular weight is 131 g/mol. The van der Waals surface area contributed by atoms with Gasteiger partial charge in [0, 0.05) is 19.5 Å². The summed E-state index contributed by atoms with van der Waals surface area (Å²) in [5, 5.41) is 18.1. The molecule has 1 unspecified atom stereocenters. The molecule has 1 saturated heterocycles. The molecule has 54 valence electrons. The van der Waals surface area contributed by atoms with Crippen LogP contribution in [0.4, 0.5) is 0 Å². The maximum atomic E-state index is 9.05. The second-order valence-corrected chi connectivity index (χ2v) is 2.76. The summed E-state index contributed by atoms with van der Waals surface area (Å²) in [5.41, 5.74) is 0. The van der Waals surface area contributed by atoms with Crippen molar-refractivity contribution in [2.45, 2.75) is 18.6 Å². The number of β-amino-alcohol motifs (C(OH)–C–C–N with tert-alkyl or cyclic N) is 2. The summed E-state index contributed by atoms with van der Waals surface area (Å²) in [4.78, 5) is 1.93. The van der Waals surface area contributed by atoms with Crippen molar-refractivity contribution < 1.29 is 10.2 Å². The van der Waals surface area contributed by atoms with Crippen molar-refractivity contribution in [2.24, 2.45) is 0 Å². The van der Waals surface area contributed by atoms with E-state index in [0.29, 0.717) is 19.5 Å². The van der Waals surface area contributed by atoms with Gasteiger partial charge in [-0.3, -0.25) is 0 Å². The molecule has 0 aromatic heterocycles. The molecule has 1 aliphatic rings. The molecule has 9 heavy (non-hydrogen) atoms. The Bertz CT molecular complexity index is 72.0. The van der Waals surface area contributed by atoms with Crippen LogP contribution in [0, 0.1) is 0 Å². The number of aliphatic hydroxyl groups excluding tert-OH is 2. The highest BCUT2D eigenvalue weighted by molar-refractivity contribution is 4.75. The molecule has 1 fully saturated rings.